The number of rotatable bonds is 8. The van der Waals surface area contributed by atoms with Crippen LogP contribution in [-0.2, 0) is 6.54 Å². The van der Waals surface area contributed by atoms with Crippen molar-refractivity contribution in [2.24, 2.45) is 5.92 Å². The van der Waals surface area contributed by atoms with Crippen LogP contribution in [0.15, 0.2) is 54.6 Å². The minimum atomic E-state index is -0.492. The lowest BCUT2D eigenvalue weighted by atomic mass is 9.99. The van der Waals surface area contributed by atoms with E-state index < -0.39 is 12.1 Å². The monoisotopic (exact) mass is 628 g/mol. The first-order chi connectivity index (χ1) is 20.6. The largest absolute Gasteiger partial charge is 0.488 e. The van der Waals surface area contributed by atoms with Gasteiger partial charge in [-0.15, -0.1) is 0 Å². The Morgan fingerprint density at radius 1 is 1.02 bits per heavy atom. The van der Waals surface area contributed by atoms with E-state index in [4.69, 9.17) is 37.4 Å². The molecule has 2 heterocycles. The van der Waals surface area contributed by atoms with E-state index in [-0.39, 0.29) is 31.3 Å². The number of likely N-dealkylation sites (N-methyl/N-ethyl adjacent to an activating group) is 1. The fraction of sp³-hybridized carbons (Fsp3) is 0.355. The maximum Gasteiger partial charge on any atom is 0.323 e. The van der Waals surface area contributed by atoms with E-state index in [1.54, 1.807) is 54.3 Å². The summed E-state index contributed by atoms with van der Waals surface area (Å²) in [5, 5.41) is 16.5. The predicted octanol–water partition coefficient (Wildman–Crippen LogP) is 5.72. The SMILES string of the molecule is C[C@H](CO)N1C[C@H](C)[C@H](CN(C)Cc2ccc(Cl)c(Cl)c2)Oc2ccc(NC(=O)Nc3ccc4c(c3)OCO4)cc2C1=O. The van der Waals surface area contributed by atoms with Crippen molar-refractivity contribution in [2.45, 2.75) is 32.5 Å². The van der Waals surface area contributed by atoms with Crippen LogP contribution in [0.4, 0.5) is 16.2 Å². The highest BCUT2D eigenvalue weighted by atomic mass is 35.5. The lowest BCUT2D eigenvalue weighted by molar-refractivity contribution is 0.0341. The van der Waals surface area contributed by atoms with Crippen LogP contribution in [0.3, 0.4) is 0 Å². The van der Waals surface area contributed by atoms with Gasteiger partial charge in [0.05, 0.1) is 28.3 Å². The van der Waals surface area contributed by atoms with Crippen molar-refractivity contribution in [3.63, 3.8) is 0 Å². The number of benzene rings is 3. The molecule has 0 unspecified atom stereocenters. The van der Waals surface area contributed by atoms with Crippen molar-refractivity contribution in [3.05, 3.63) is 75.8 Å². The summed E-state index contributed by atoms with van der Waals surface area (Å²) in [6.07, 6.45) is -0.277. The number of nitrogens with zero attached hydrogens (tertiary/aromatic N) is 2. The highest BCUT2D eigenvalue weighted by Crippen LogP contribution is 2.35. The maximum absolute atomic E-state index is 13.7. The van der Waals surface area contributed by atoms with Gasteiger partial charge >= 0.3 is 6.03 Å². The Balaban J connectivity index is 1.34. The van der Waals surface area contributed by atoms with E-state index in [9.17, 15) is 14.7 Å². The second-order valence-electron chi connectivity index (χ2n) is 10.9. The molecular weight excluding hydrogens is 595 g/mol. The number of aliphatic hydroxyl groups excluding tert-OH is 1. The normalized spacial score (nSPS) is 18.4. The summed E-state index contributed by atoms with van der Waals surface area (Å²) in [6.45, 7) is 5.35. The molecule has 3 amide bonds. The molecule has 0 radical (unpaired) electrons. The molecule has 5 rings (SSSR count). The van der Waals surface area contributed by atoms with Crippen molar-refractivity contribution in [2.75, 3.05) is 44.2 Å². The quantitative estimate of drug-likeness (QED) is 0.292. The van der Waals surface area contributed by atoms with Gasteiger partial charge in [0.25, 0.3) is 5.91 Å². The Morgan fingerprint density at radius 3 is 2.44 bits per heavy atom. The van der Waals surface area contributed by atoms with Crippen LogP contribution in [0.2, 0.25) is 10.0 Å². The zero-order valence-corrected chi connectivity index (χ0v) is 25.6. The van der Waals surface area contributed by atoms with Gasteiger partial charge in [0.2, 0.25) is 6.79 Å². The molecule has 3 atom stereocenters. The predicted molar refractivity (Wildman–Crippen MR) is 166 cm³/mol. The summed E-state index contributed by atoms with van der Waals surface area (Å²) in [5.74, 6) is 1.23. The molecule has 3 aromatic carbocycles. The second kappa shape index (κ2) is 13.3. The van der Waals surface area contributed by atoms with Crippen LogP contribution in [0.1, 0.15) is 29.8 Å². The second-order valence-corrected chi connectivity index (χ2v) is 11.7. The molecule has 0 aliphatic carbocycles. The number of ether oxygens (including phenoxy) is 3. The number of anilines is 2. The van der Waals surface area contributed by atoms with Crippen LogP contribution in [0.25, 0.3) is 0 Å². The van der Waals surface area contributed by atoms with Gasteiger partial charge in [-0.25, -0.2) is 4.79 Å². The molecule has 0 fully saturated rings. The van der Waals surface area contributed by atoms with Crippen LogP contribution in [-0.4, -0.2) is 72.5 Å². The van der Waals surface area contributed by atoms with Gasteiger partial charge in [-0.3, -0.25) is 9.69 Å². The zero-order valence-electron chi connectivity index (χ0n) is 24.1. The minimum Gasteiger partial charge on any atom is -0.488 e. The number of hydrogen-bond donors (Lipinski definition) is 3. The Morgan fingerprint density at radius 2 is 1.72 bits per heavy atom. The Kier molecular flexibility index (Phi) is 9.51. The molecule has 3 N–H and O–H groups in total. The first-order valence-electron chi connectivity index (χ1n) is 13.9. The van der Waals surface area contributed by atoms with Gasteiger partial charge < -0.3 is 34.9 Å². The third-order valence-corrected chi connectivity index (χ3v) is 8.22. The van der Waals surface area contributed by atoms with E-state index in [2.05, 4.69) is 15.5 Å². The molecule has 228 valence electrons. The number of aliphatic hydroxyl groups is 1. The molecule has 0 saturated heterocycles. The third kappa shape index (κ3) is 7.27. The van der Waals surface area contributed by atoms with Crippen LogP contribution >= 0.6 is 23.2 Å². The first kappa shape index (κ1) is 30.7. The van der Waals surface area contributed by atoms with E-state index in [1.807, 2.05) is 26.1 Å². The number of halogens is 2. The summed E-state index contributed by atoms with van der Waals surface area (Å²) in [4.78, 5) is 30.3. The molecule has 43 heavy (non-hydrogen) atoms. The van der Waals surface area contributed by atoms with Gasteiger partial charge in [0.1, 0.15) is 11.9 Å². The molecule has 2 aliphatic rings. The number of carbonyl (C=O) groups is 2. The fourth-order valence-electron chi connectivity index (χ4n) is 5.11. The molecule has 2 aliphatic heterocycles. The maximum atomic E-state index is 13.7. The van der Waals surface area contributed by atoms with E-state index in [1.165, 1.54) is 0 Å². The van der Waals surface area contributed by atoms with E-state index >= 15 is 0 Å². The molecule has 0 aromatic heterocycles. The summed E-state index contributed by atoms with van der Waals surface area (Å²) in [5.41, 5.74) is 2.24. The zero-order chi connectivity index (χ0) is 30.7. The number of amides is 3. The molecule has 3 aromatic rings. The molecule has 0 saturated carbocycles. The van der Waals surface area contributed by atoms with Crippen molar-refractivity contribution < 1.29 is 28.9 Å². The molecule has 0 bridgehead atoms. The number of nitrogens with one attached hydrogen (secondary N) is 2. The van der Waals surface area contributed by atoms with Crippen LogP contribution in [0.5, 0.6) is 17.2 Å². The first-order valence-corrected chi connectivity index (χ1v) is 14.7. The summed E-state index contributed by atoms with van der Waals surface area (Å²) >= 11 is 12.3. The molecule has 10 nitrogen and oxygen atoms in total. The number of carbonyl (C=O) groups excluding carboxylic acids is 2. The van der Waals surface area contributed by atoms with Gasteiger partial charge in [-0.1, -0.05) is 36.2 Å². The summed E-state index contributed by atoms with van der Waals surface area (Å²) in [6, 6.07) is 14.7. The van der Waals surface area contributed by atoms with Crippen LogP contribution < -0.4 is 24.8 Å². The Bertz CT molecular complexity index is 1510. The lowest BCUT2D eigenvalue weighted by Crippen LogP contribution is -2.49. The van der Waals surface area contributed by atoms with Crippen molar-refractivity contribution in [1.82, 2.24) is 9.80 Å². The summed E-state index contributed by atoms with van der Waals surface area (Å²) < 4.78 is 17.2. The molecular formula is C31H34Cl2N4O6. The van der Waals surface area contributed by atoms with Gasteiger partial charge in [0, 0.05) is 43.0 Å². The highest BCUT2D eigenvalue weighted by molar-refractivity contribution is 6.42. The average molecular weight is 630 g/mol. The number of fused-ring (bicyclic) bond motifs is 2. The highest BCUT2D eigenvalue weighted by Gasteiger charge is 2.33. The molecule has 0 spiro atoms. The summed E-state index contributed by atoms with van der Waals surface area (Å²) in [7, 11) is 1.99. The van der Waals surface area contributed by atoms with E-state index in [0.29, 0.717) is 63.9 Å². The van der Waals surface area contributed by atoms with Crippen LogP contribution in [0, 0.1) is 5.92 Å². The standard InChI is InChI=1S/C31H34Cl2N4O6/c1-18-13-37(19(2)16-38)30(39)23-11-21(34-31(40)35-22-6-9-27-28(12-22)42-17-41-27)5-8-26(23)43-29(18)15-36(3)14-20-4-7-24(32)25(33)10-20/h4-12,18-19,29,38H,13-17H2,1-3H3,(H2,34,35,40)/t18-,19+,29-/m0/s1. The van der Waals surface area contributed by atoms with E-state index in [0.717, 1.165) is 5.56 Å². The van der Waals surface area contributed by atoms with Gasteiger partial charge in [-0.2, -0.15) is 0 Å². The van der Waals surface area contributed by atoms with Gasteiger partial charge in [-0.05, 0) is 62.0 Å². The number of hydrogen-bond acceptors (Lipinski definition) is 7. The molecule has 12 heteroatoms. The van der Waals surface area contributed by atoms with Crippen molar-refractivity contribution in [1.29, 1.82) is 0 Å². The lowest BCUT2D eigenvalue weighted by Gasteiger charge is -2.38. The average Bonchev–Trinajstić information content (AvgIpc) is 3.44. The smallest absolute Gasteiger partial charge is 0.323 e. The number of urea groups is 1. The van der Waals surface area contributed by atoms with Crippen molar-refractivity contribution >= 4 is 46.5 Å². The fourth-order valence-corrected chi connectivity index (χ4v) is 5.43. The Hall–Kier alpha value is -3.70. The minimum absolute atomic E-state index is 0.0485. The van der Waals surface area contributed by atoms with Crippen molar-refractivity contribution in [3.8, 4) is 17.2 Å². The van der Waals surface area contributed by atoms with Gasteiger partial charge in [0.15, 0.2) is 11.5 Å². The third-order valence-electron chi connectivity index (χ3n) is 7.48. The topological polar surface area (TPSA) is 113 Å². The Labute approximate surface area is 260 Å².